The monoisotopic (exact) mass is 194 g/mol. The van der Waals surface area contributed by atoms with E-state index in [2.05, 4.69) is 13.2 Å². The molecule has 0 amide bonds. The highest BCUT2D eigenvalue weighted by Gasteiger charge is 2.13. The van der Waals surface area contributed by atoms with Crippen molar-refractivity contribution in [2.45, 2.75) is 12.8 Å². The summed E-state index contributed by atoms with van der Waals surface area (Å²) in [6.45, 7) is 8.12. The average Bonchev–Trinajstić information content (AvgIpc) is 2.21. The van der Waals surface area contributed by atoms with Crippen LogP contribution in [0.3, 0.4) is 0 Å². The van der Waals surface area contributed by atoms with Crippen molar-refractivity contribution < 1.29 is 14.3 Å². The topological polar surface area (TPSA) is 35.5 Å². The maximum atomic E-state index is 10.5. The van der Waals surface area contributed by atoms with E-state index in [9.17, 15) is 4.79 Å². The van der Waals surface area contributed by atoms with Crippen molar-refractivity contribution in [3.05, 3.63) is 36.5 Å². The third-order valence-corrected chi connectivity index (χ3v) is 1.94. The summed E-state index contributed by atoms with van der Waals surface area (Å²) < 4.78 is 9.40. The van der Waals surface area contributed by atoms with Crippen LogP contribution < -0.4 is 0 Å². The number of rotatable bonds is 4. The van der Waals surface area contributed by atoms with Crippen LogP contribution in [0.4, 0.5) is 4.79 Å². The summed E-state index contributed by atoms with van der Waals surface area (Å²) >= 11 is 0. The fourth-order valence-electron chi connectivity index (χ4n) is 1.07. The van der Waals surface area contributed by atoms with Crippen molar-refractivity contribution in [3.8, 4) is 0 Å². The van der Waals surface area contributed by atoms with Gasteiger partial charge in [-0.25, -0.2) is 4.79 Å². The lowest BCUT2D eigenvalue weighted by Crippen LogP contribution is -2.20. The van der Waals surface area contributed by atoms with Crippen LogP contribution in [0.15, 0.2) is 36.5 Å². The number of ether oxygens (including phenoxy) is 2. The van der Waals surface area contributed by atoms with Gasteiger partial charge in [0.2, 0.25) is 0 Å². The Balaban J connectivity index is 2.27. The summed E-state index contributed by atoms with van der Waals surface area (Å²) in [7, 11) is 0. The zero-order valence-electron chi connectivity index (χ0n) is 8.12. The second kappa shape index (κ2) is 5.27. The molecule has 0 atom stereocenters. The van der Waals surface area contributed by atoms with Gasteiger partial charge in [0.15, 0.2) is 0 Å². The molecule has 1 aliphatic rings. The van der Waals surface area contributed by atoms with Gasteiger partial charge in [-0.05, 0) is 12.8 Å². The zero-order valence-corrected chi connectivity index (χ0v) is 8.12. The molecule has 0 spiro atoms. The molecule has 0 aromatic heterocycles. The molecule has 3 nitrogen and oxygen atoms in total. The van der Waals surface area contributed by atoms with Crippen LogP contribution in [0.25, 0.3) is 0 Å². The first kappa shape index (κ1) is 10.6. The molecule has 1 rings (SSSR count). The Hall–Kier alpha value is -1.51. The minimum absolute atomic E-state index is 0.347. The first-order chi connectivity index (χ1) is 6.72. The van der Waals surface area contributed by atoms with Gasteiger partial charge in [0.25, 0.3) is 0 Å². The van der Waals surface area contributed by atoms with Crippen LogP contribution >= 0.6 is 0 Å². The normalized spacial score (nSPS) is 15.4. The molecule has 1 saturated heterocycles. The Morgan fingerprint density at radius 1 is 1.43 bits per heavy atom. The van der Waals surface area contributed by atoms with Gasteiger partial charge in [-0.1, -0.05) is 30.9 Å². The summed E-state index contributed by atoms with van der Waals surface area (Å²) in [5.41, 5.74) is 2.01. The first-order valence-corrected chi connectivity index (χ1v) is 4.50. The minimum Gasteiger partial charge on any atom is -0.430 e. The van der Waals surface area contributed by atoms with Crippen molar-refractivity contribution in [3.63, 3.8) is 0 Å². The van der Waals surface area contributed by atoms with Gasteiger partial charge >= 0.3 is 6.16 Å². The van der Waals surface area contributed by atoms with Crippen LogP contribution in [0.1, 0.15) is 12.8 Å². The second-order valence-corrected chi connectivity index (χ2v) is 3.09. The fraction of sp³-hybridized carbons (Fsp3) is 0.364. The molecular weight excluding hydrogens is 180 g/mol. The molecule has 0 saturated carbocycles. The van der Waals surface area contributed by atoms with Crippen LogP contribution in [0.2, 0.25) is 0 Å². The number of cyclic esters (lactones) is 2. The van der Waals surface area contributed by atoms with Gasteiger partial charge in [0.1, 0.15) is 13.2 Å². The highest BCUT2D eigenvalue weighted by Crippen LogP contribution is 2.10. The SMILES string of the molecule is C=CC(=C)CCC=C1COC(=O)OC1. The number of hydrogen-bond donors (Lipinski definition) is 0. The van der Waals surface area contributed by atoms with Crippen LogP contribution in [0, 0.1) is 0 Å². The molecule has 0 aliphatic carbocycles. The summed E-state index contributed by atoms with van der Waals surface area (Å²) in [5.74, 6) is 0. The third-order valence-electron chi connectivity index (χ3n) is 1.94. The Kier molecular flexibility index (Phi) is 3.98. The van der Waals surface area contributed by atoms with Gasteiger partial charge in [0, 0.05) is 5.57 Å². The van der Waals surface area contributed by atoms with Crippen molar-refractivity contribution in [1.29, 1.82) is 0 Å². The molecule has 1 aliphatic heterocycles. The maximum Gasteiger partial charge on any atom is 0.508 e. The number of carbonyl (C=O) groups is 1. The van der Waals surface area contributed by atoms with E-state index < -0.39 is 6.16 Å². The van der Waals surface area contributed by atoms with Crippen molar-refractivity contribution >= 4 is 6.16 Å². The zero-order chi connectivity index (χ0) is 10.4. The molecule has 1 fully saturated rings. The van der Waals surface area contributed by atoms with Crippen LogP contribution in [-0.2, 0) is 9.47 Å². The molecule has 0 radical (unpaired) electrons. The molecule has 0 aromatic rings. The minimum atomic E-state index is -0.586. The predicted molar refractivity (Wildman–Crippen MR) is 54.0 cm³/mol. The lowest BCUT2D eigenvalue weighted by molar-refractivity contribution is 0.0435. The second-order valence-electron chi connectivity index (χ2n) is 3.09. The van der Waals surface area contributed by atoms with E-state index in [0.717, 1.165) is 24.0 Å². The van der Waals surface area contributed by atoms with Gasteiger partial charge in [-0.2, -0.15) is 0 Å². The summed E-state index contributed by atoms with van der Waals surface area (Å²) in [5, 5.41) is 0. The number of hydrogen-bond acceptors (Lipinski definition) is 3. The van der Waals surface area contributed by atoms with Gasteiger partial charge in [-0.15, -0.1) is 0 Å². The van der Waals surface area contributed by atoms with E-state index in [0.29, 0.717) is 13.2 Å². The standard InChI is InChI=1S/C11H14O3/c1-3-9(2)5-4-6-10-7-13-11(12)14-8-10/h3,6H,1-2,4-5,7-8H2. The van der Waals surface area contributed by atoms with E-state index >= 15 is 0 Å². The summed E-state index contributed by atoms with van der Waals surface area (Å²) in [6.07, 6.45) is 4.93. The van der Waals surface area contributed by atoms with E-state index in [1.807, 2.05) is 6.08 Å². The molecule has 1 heterocycles. The van der Waals surface area contributed by atoms with Crippen LogP contribution in [0.5, 0.6) is 0 Å². The molecule has 14 heavy (non-hydrogen) atoms. The van der Waals surface area contributed by atoms with E-state index in [-0.39, 0.29) is 0 Å². The lowest BCUT2D eigenvalue weighted by atomic mass is 10.1. The molecule has 0 bridgehead atoms. The highest BCUT2D eigenvalue weighted by atomic mass is 16.7. The molecule has 0 aromatic carbocycles. The maximum absolute atomic E-state index is 10.5. The Labute approximate surface area is 83.7 Å². The predicted octanol–water partition coefficient (Wildman–Crippen LogP) is 2.60. The van der Waals surface area contributed by atoms with Gasteiger partial charge in [-0.3, -0.25) is 0 Å². The van der Waals surface area contributed by atoms with Crippen molar-refractivity contribution in [2.75, 3.05) is 13.2 Å². The average molecular weight is 194 g/mol. The van der Waals surface area contributed by atoms with Crippen LogP contribution in [-0.4, -0.2) is 19.4 Å². The summed E-state index contributed by atoms with van der Waals surface area (Å²) in [4.78, 5) is 10.5. The van der Waals surface area contributed by atoms with E-state index in [1.165, 1.54) is 0 Å². The van der Waals surface area contributed by atoms with E-state index in [4.69, 9.17) is 9.47 Å². The molecule has 0 unspecified atom stereocenters. The Morgan fingerprint density at radius 3 is 2.64 bits per heavy atom. The summed E-state index contributed by atoms with van der Waals surface area (Å²) in [6, 6.07) is 0. The molecule has 0 N–H and O–H groups in total. The third kappa shape index (κ3) is 3.47. The number of carbonyl (C=O) groups excluding carboxylic acids is 1. The smallest absolute Gasteiger partial charge is 0.430 e. The van der Waals surface area contributed by atoms with Crippen molar-refractivity contribution in [1.82, 2.24) is 0 Å². The largest absolute Gasteiger partial charge is 0.508 e. The van der Waals surface area contributed by atoms with E-state index in [1.54, 1.807) is 6.08 Å². The number of allylic oxidation sites excluding steroid dienone is 3. The Morgan fingerprint density at radius 2 is 2.07 bits per heavy atom. The van der Waals surface area contributed by atoms with Gasteiger partial charge in [0.05, 0.1) is 0 Å². The first-order valence-electron chi connectivity index (χ1n) is 4.50. The Bertz CT molecular complexity index is 264. The fourth-order valence-corrected chi connectivity index (χ4v) is 1.07. The lowest BCUT2D eigenvalue weighted by Gasteiger charge is -2.14. The van der Waals surface area contributed by atoms with Crippen molar-refractivity contribution in [2.24, 2.45) is 0 Å². The molecule has 3 heteroatoms. The molecule has 76 valence electrons. The van der Waals surface area contributed by atoms with Gasteiger partial charge < -0.3 is 9.47 Å². The quantitative estimate of drug-likeness (QED) is 0.392. The highest BCUT2D eigenvalue weighted by molar-refractivity contribution is 5.61. The molecular formula is C11H14O3.